The highest BCUT2D eigenvalue weighted by molar-refractivity contribution is 6.15. The number of benzene rings is 2. The first-order valence-electron chi connectivity index (χ1n) is 6.78. The van der Waals surface area contributed by atoms with Crippen molar-refractivity contribution in [3.8, 4) is 23.0 Å². The molecular formula is C17H16O6. The van der Waals surface area contributed by atoms with E-state index in [1.54, 1.807) is 30.3 Å². The lowest BCUT2D eigenvalue weighted by Crippen LogP contribution is -2.09. The molecule has 0 heterocycles. The fourth-order valence-corrected chi connectivity index (χ4v) is 2.20. The second-order valence-electron chi connectivity index (χ2n) is 4.74. The summed E-state index contributed by atoms with van der Waals surface area (Å²) < 4.78 is 9.94. The average molecular weight is 316 g/mol. The minimum Gasteiger partial charge on any atom is -0.507 e. The molecule has 6 heteroatoms. The summed E-state index contributed by atoms with van der Waals surface area (Å²) in [5.74, 6) is -2.17. The van der Waals surface area contributed by atoms with Gasteiger partial charge in [0.1, 0.15) is 11.3 Å². The molecule has 0 saturated carbocycles. The van der Waals surface area contributed by atoms with Crippen LogP contribution in [-0.4, -0.2) is 36.0 Å². The lowest BCUT2D eigenvalue weighted by atomic mass is 9.99. The molecule has 0 aliphatic carbocycles. The number of methoxy groups -OCH3 is 2. The van der Waals surface area contributed by atoms with E-state index in [4.69, 9.17) is 9.47 Å². The zero-order valence-electron chi connectivity index (χ0n) is 12.7. The van der Waals surface area contributed by atoms with Gasteiger partial charge in [0.15, 0.2) is 23.1 Å². The van der Waals surface area contributed by atoms with Gasteiger partial charge in [-0.05, 0) is 0 Å². The Hall–Kier alpha value is -3.02. The average Bonchev–Trinajstić information content (AvgIpc) is 2.55. The first-order valence-corrected chi connectivity index (χ1v) is 6.78. The van der Waals surface area contributed by atoms with Gasteiger partial charge < -0.3 is 19.7 Å². The highest BCUT2D eigenvalue weighted by atomic mass is 16.5. The molecule has 6 nitrogen and oxygen atoms in total. The first kappa shape index (κ1) is 16.4. The van der Waals surface area contributed by atoms with E-state index < -0.39 is 29.5 Å². The Morgan fingerprint density at radius 2 is 1.65 bits per heavy atom. The van der Waals surface area contributed by atoms with Gasteiger partial charge >= 0.3 is 0 Å². The van der Waals surface area contributed by atoms with E-state index in [-0.39, 0.29) is 17.1 Å². The van der Waals surface area contributed by atoms with Crippen LogP contribution >= 0.6 is 0 Å². The van der Waals surface area contributed by atoms with Gasteiger partial charge in [-0.15, -0.1) is 0 Å². The van der Waals surface area contributed by atoms with Crippen molar-refractivity contribution in [3.05, 3.63) is 47.5 Å². The molecule has 2 rings (SSSR count). The maximum atomic E-state index is 12.3. The SMILES string of the molecule is COc1cc(O)c(C(=O)CC(=O)c2ccccc2)c(O)c1OC. The van der Waals surface area contributed by atoms with E-state index in [1.165, 1.54) is 14.2 Å². The number of ether oxygens (including phenoxy) is 2. The summed E-state index contributed by atoms with van der Waals surface area (Å²) in [5, 5.41) is 20.1. The Morgan fingerprint density at radius 1 is 1.00 bits per heavy atom. The summed E-state index contributed by atoms with van der Waals surface area (Å²) in [6.07, 6.45) is -0.485. The number of hydrogen-bond acceptors (Lipinski definition) is 6. The lowest BCUT2D eigenvalue weighted by molar-refractivity contribution is 0.0891. The van der Waals surface area contributed by atoms with Crippen LogP contribution in [0.4, 0.5) is 0 Å². The maximum Gasteiger partial charge on any atom is 0.204 e. The molecule has 2 N–H and O–H groups in total. The molecule has 0 radical (unpaired) electrons. The molecule has 0 saturated heterocycles. The first-order chi connectivity index (χ1) is 11.0. The van der Waals surface area contributed by atoms with Crippen LogP contribution in [0.5, 0.6) is 23.0 Å². The van der Waals surface area contributed by atoms with E-state index in [2.05, 4.69) is 0 Å². The summed E-state index contributed by atoms with van der Waals surface area (Å²) in [6, 6.07) is 9.45. The van der Waals surface area contributed by atoms with Gasteiger partial charge in [-0.3, -0.25) is 9.59 Å². The number of aromatic hydroxyl groups is 2. The number of phenols is 2. The summed E-state index contributed by atoms with van der Waals surface area (Å²) in [6.45, 7) is 0. The maximum absolute atomic E-state index is 12.3. The van der Waals surface area contributed by atoms with E-state index in [1.807, 2.05) is 0 Å². The van der Waals surface area contributed by atoms with Crippen molar-refractivity contribution in [1.29, 1.82) is 0 Å². The molecule has 0 aromatic heterocycles. The molecule has 0 aliphatic rings. The molecular weight excluding hydrogens is 300 g/mol. The molecule has 0 bridgehead atoms. The molecule has 120 valence electrons. The van der Waals surface area contributed by atoms with Crippen LogP contribution in [0.2, 0.25) is 0 Å². The van der Waals surface area contributed by atoms with Crippen molar-refractivity contribution in [3.63, 3.8) is 0 Å². The predicted octanol–water partition coefficient (Wildman–Crippen LogP) is 2.57. The van der Waals surface area contributed by atoms with E-state index in [9.17, 15) is 19.8 Å². The van der Waals surface area contributed by atoms with Crippen LogP contribution in [-0.2, 0) is 0 Å². The second kappa shape index (κ2) is 6.83. The normalized spacial score (nSPS) is 10.2. The minimum atomic E-state index is -0.713. The van der Waals surface area contributed by atoms with Crippen LogP contribution in [0.1, 0.15) is 27.1 Å². The van der Waals surface area contributed by atoms with Crippen molar-refractivity contribution in [2.24, 2.45) is 0 Å². The van der Waals surface area contributed by atoms with Gasteiger partial charge in [0.05, 0.1) is 20.6 Å². The largest absolute Gasteiger partial charge is 0.507 e. The van der Waals surface area contributed by atoms with Crippen LogP contribution in [0, 0.1) is 0 Å². The smallest absolute Gasteiger partial charge is 0.204 e. The molecule has 0 fully saturated rings. The summed E-state index contributed by atoms with van der Waals surface area (Å²) in [7, 11) is 2.62. The molecule has 2 aromatic rings. The molecule has 0 aliphatic heterocycles. The molecule has 0 spiro atoms. The number of phenolic OH excluding ortho intramolecular Hbond substituents is 2. The summed E-state index contributed by atoms with van der Waals surface area (Å²) in [5.41, 5.74) is 0.00670. The number of hydrogen-bond donors (Lipinski definition) is 2. The molecule has 23 heavy (non-hydrogen) atoms. The van der Waals surface area contributed by atoms with Crippen LogP contribution in [0.3, 0.4) is 0 Å². The Morgan fingerprint density at radius 3 is 2.22 bits per heavy atom. The zero-order chi connectivity index (χ0) is 17.0. The topological polar surface area (TPSA) is 93.1 Å². The van der Waals surface area contributed by atoms with Gasteiger partial charge in [0.2, 0.25) is 5.75 Å². The van der Waals surface area contributed by atoms with E-state index in [0.29, 0.717) is 5.56 Å². The third-order valence-electron chi connectivity index (χ3n) is 3.32. The standard InChI is InChI=1S/C17H16O6/c1-22-14-9-13(20)15(16(21)17(14)23-2)12(19)8-11(18)10-6-4-3-5-7-10/h3-7,9,20-21H,8H2,1-2H3. The highest BCUT2D eigenvalue weighted by Crippen LogP contribution is 2.44. The quantitative estimate of drug-likeness (QED) is 0.628. The Bertz CT molecular complexity index is 736. The Labute approximate surface area is 132 Å². The minimum absolute atomic E-state index is 0.0773. The Balaban J connectivity index is 2.35. The van der Waals surface area contributed by atoms with Crippen LogP contribution in [0.25, 0.3) is 0 Å². The third-order valence-corrected chi connectivity index (χ3v) is 3.32. The third kappa shape index (κ3) is 3.26. The Kier molecular flexibility index (Phi) is 4.85. The van der Waals surface area contributed by atoms with E-state index in [0.717, 1.165) is 6.07 Å². The van der Waals surface area contributed by atoms with Crippen molar-refractivity contribution < 1.29 is 29.3 Å². The van der Waals surface area contributed by atoms with Crippen LogP contribution < -0.4 is 9.47 Å². The van der Waals surface area contributed by atoms with Crippen molar-refractivity contribution in [2.75, 3.05) is 14.2 Å². The number of carbonyl (C=O) groups is 2. The summed E-state index contributed by atoms with van der Waals surface area (Å²) in [4.78, 5) is 24.4. The van der Waals surface area contributed by atoms with Gasteiger partial charge in [-0.25, -0.2) is 0 Å². The van der Waals surface area contributed by atoms with E-state index >= 15 is 0 Å². The number of Topliss-reactive ketones (excluding diaryl/α,β-unsaturated/α-hetero) is 2. The number of ketones is 2. The lowest BCUT2D eigenvalue weighted by Gasteiger charge is -2.13. The highest BCUT2D eigenvalue weighted by Gasteiger charge is 2.25. The summed E-state index contributed by atoms with van der Waals surface area (Å²) >= 11 is 0. The molecule has 0 unspecified atom stereocenters. The van der Waals surface area contributed by atoms with Crippen LogP contribution in [0.15, 0.2) is 36.4 Å². The van der Waals surface area contributed by atoms with Gasteiger partial charge in [-0.2, -0.15) is 0 Å². The van der Waals surface area contributed by atoms with Gasteiger partial charge in [0, 0.05) is 11.6 Å². The van der Waals surface area contributed by atoms with Crippen molar-refractivity contribution in [1.82, 2.24) is 0 Å². The number of rotatable bonds is 6. The fourth-order valence-electron chi connectivity index (χ4n) is 2.20. The number of carbonyl (C=O) groups excluding carboxylic acids is 2. The second-order valence-corrected chi connectivity index (χ2v) is 4.74. The molecule has 2 aromatic carbocycles. The monoisotopic (exact) mass is 316 g/mol. The molecule has 0 atom stereocenters. The van der Waals surface area contributed by atoms with Crippen molar-refractivity contribution in [2.45, 2.75) is 6.42 Å². The van der Waals surface area contributed by atoms with Gasteiger partial charge in [-0.1, -0.05) is 30.3 Å². The van der Waals surface area contributed by atoms with Crippen molar-refractivity contribution >= 4 is 11.6 Å². The zero-order valence-corrected chi connectivity index (χ0v) is 12.7. The fraction of sp³-hybridized carbons (Fsp3) is 0.176. The predicted molar refractivity (Wildman–Crippen MR) is 82.6 cm³/mol. The van der Waals surface area contributed by atoms with Gasteiger partial charge in [0.25, 0.3) is 0 Å². The molecule has 0 amide bonds.